The van der Waals surface area contributed by atoms with Crippen LogP contribution in [0.1, 0.15) is 56.6 Å². The van der Waals surface area contributed by atoms with Crippen molar-refractivity contribution in [2.45, 2.75) is 74.1 Å². The molecule has 3 fully saturated rings. The summed E-state index contributed by atoms with van der Waals surface area (Å²) in [6.45, 7) is 3.57. The fraction of sp³-hybridized carbons (Fsp3) is 0.516. The molecule has 5 atom stereocenters. The van der Waals surface area contributed by atoms with E-state index in [-0.39, 0.29) is 29.1 Å². The first-order valence-electron chi connectivity index (χ1n) is 14.1. The van der Waals surface area contributed by atoms with Gasteiger partial charge < -0.3 is 20.6 Å². The van der Waals surface area contributed by atoms with Crippen molar-refractivity contribution in [2.24, 2.45) is 11.8 Å². The molecule has 7 nitrogen and oxygen atoms in total. The van der Waals surface area contributed by atoms with Gasteiger partial charge in [-0.3, -0.25) is 14.4 Å². The molecule has 2 bridgehead atoms. The lowest BCUT2D eigenvalue weighted by molar-refractivity contribution is -0.140. The van der Waals surface area contributed by atoms with Crippen molar-refractivity contribution < 1.29 is 19.5 Å². The molecule has 0 saturated carbocycles. The summed E-state index contributed by atoms with van der Waals surface area (Å²) in [4.78, 5) is 43.5. The van der Waals surface area contributed by atoms with Gasteiger partial charge in [-0.15, -0.1) is 11.8 Å². The Hall–Kier alpha value is -2.84. The highest BCUT2D eigenvalue weighted by Gasteiger charge is 2.76. The fourth-order valence-electron chi connectivity index (χ4n) is 6.89. The van der Waals surface area contributed by atoms with Gasteiger partial charge >= 0.3 is 0 Å². The van der Waals surface area contributed by atoms with Crippen molar-refractivity contribution in [1.29, 1.82) is 0 Å². The van der Waals surface area contributed by atoms with E-state index in [1.165, 1.54) is 0 Å². The van der Waals surface area contributed by atoms with Crippen LogP contribution in [0.3, 0.4) is 0 Å². The Kier molecular flexibility index (Phi) is 8.33. The van der Waals surface area contributed by atoms with E-state index in [9.17, 15) is 14.4 Å². The second kappa shape index (κ2) is 11.7. The summed E-state index contributed by atoms with van der Waals surface area (Å²) < 4.78 is -0.987. The number of carbonyl (C=O) groups excluding carboxylic acids is 3. The number of aliphatic hydroxyl groups excluding tert-OH is 1. The quantitative estimate of drug-likeness (QED) is 0.351. The number of hydrogen-bond acceptors (Lipinski definition) is 5. The molecule has 0 aliphatic carbocycles. The van der Waals surface area contributed by atoms with Crippen LogP contribution in [-0.2, 0) is 27.5 Å². The van der Waals surface area contributed by atoms with E-state index in [4.69, 9.17) is 5.11 Å². The Morgan fingerprint density at radius 3 is 2.10 bits per heavy atom. The first kappa shape index (κ1) is 27.7. The van der Waals surface area contributed by atoms with Gasteiger partial charge in [0.15, 0.2) is 0 Å². The number of fused-ring (bicyclic) bond motifs is 1. The number of likely N-dealkylation sites (tertiary alicyclic amines) is 1. The summed E-state index contributed by atoms with van der Waals surface area (Å²) in [6, 6.07) is 19.0. The number of aliphatic hydroxyl groups is 1. The summed E-state index contributed by atoms with van der Waals surface area (Å²) >= 11 is 1.71. The highest BCUT2D eigenvalue weighted by molar-refractivity contribution is 8.02. The van der Waals surface area contributed by atoms with E-state index in [1.54, 1.807) is 16.7 Å². The van der Waals surface area contributed by atoms with E-state index in [1.807, 2.05) is 60.7 Å². The zero-order valence-electron chi connectivity index (χ0n) is 22.6. The van der Waals surface area contributed by atoms with E-state index < -0.39 is 22.6 Å². The lowest BCUT2D eigenvalue weighted by atomic mass is 9.66. The maximum atomic E-state index is 14.1. The average Bonchev–Trinajstić information content (AvgIpc) is 3.52. The number of thioether (sulfide) groups is 1. The van der Waals surface area contributed by atoms with Crippen molar-refractivity contribution >= 4 is 29.5 Å². The highest BCUT2D eigenvalue weighted by atomic mass is 32.2. The monoisotopic (exact) mass is 549 g/mol. The van der Waals surface area contributed by atoms with E-state index in [0.717, 1.165) is 49.7 Å². The van der Waals surface area contributed by atoms with Gasteiger partial charge in [-0.25, -0.2) is 0 Å². The van der Waals surface area contributed by atoms with Gasteiger partial charge in [0.25, 0.3) is 0 Å². The minimum atomic E-state index is -0.605. The molecule has 0 radical (unpaired) electrons. The molecule has 0 aromatic heterocycles. The van der Waals surface area contributed by atoms with Crippen LogP contribution in [0.5, 0.6) is 0 Å². The Morgan fingerprint density at radius 2 is 1.49 bits per heavy atom. The smallest absolute Gasteiger partial charge is 0.244 e. The zero-order chi connectivity index (χ0) is 27.5. The van der Waals surface area contributed by atoms with Crippen LogP contribution in [0, 0.1) is 11.8 Å². The topological polar surface area (TPSA) is 98.7 Å². The standard InChI is InChI=1S/C31H39N3O4S/c1-30-16-17-31(39-30)25(24(30)27(36)32-20-22-12-6-4-7-13-22)29(38)34(18-10-2-3-11-19-35)26(31)28(37)33-21-23-14-8-5-9-15-23/h4-9,12-15,24-26,35H,2-3,10-11,16-21H2,1H3,(H,32,36)(H,33,37)/t24-,25+,26?,30+,31?/m1/s1. The molecule has 3 saturated heterocycles. The highest BCUT2D eigenvalue weighted by Crippen LogP contribution is 2.71. The number of amides is 3. The maximum absolute atomic E-state index is 14.1. The molecule has 208 valence electrons. The van der Waals surface area contributed by atoms with E-state index >= 15 is 0 Å². The minimum absolute atomic E-state index is 0.0622. The zero-order valence-corrected chi connectivity index (χ0v) is 23.4. The predicted molar refractivity (Wildman–Crippen MR) is 153 cm³/mol. The molecule has 2 aromatic rings. The number of benzene rings is 2. The number of hydrogen-bond donors (Lipinski definition) is 3. The lowest BCUT2D eigenvalue weighted by Crippen LogP contribution is -2.53. The van der Waals surface area contributed by atoms with Gasteiger partial charge in [0, 0.05) is 31.0 Å². The third-order valence-electron chi connectivity index (χ3n) is 8.73. The minimum Gasteiger partial charge on any atom is -0.396 e. The number of nitrogens with one attached hydrogen (secondary N) is 2. The van der Waals surface area contributed by atoms with Crippen molar-refractivity contribution in [3.8, 4) is 0 Å². The molecule has 8 heteroatoms. The van der Waals surface area contributed by atoms with Crippen LogP contribution in [-0.4, -0.2) is 56.4 Å². The van der Waals surface area contributed by atoms with Crippen molar-refractivity contribution in [3.05, 3.63) is 71.8 Å². The normalized spacial score (nSPS) is 28.9. The summed E-state index contributed by atoms with van der Waals surface area (Å²) in [5.74, 6) is -1.28. The first-order valence-corrected chi connectivity index (χ1v) is 15.0. The largest absolute Gasteiger partial charge is 0.396 e. The summed E-state index contributed by atoms with van der Waals surface area (Å²) in [5.41, 5.74) is 2.02. The Balaban J connectivity index is 1.38. The van der Waals surface area contributed by atoms with E-state index in [0.29, 0.717) is 19.6 Å². The van der Waals surface area contributed by atoms with Crippen molar-refractivity contribution in [3.63, 3.8) is 0 Å². The Bertz CT molecular complexity index is 1180. The Labute approximate surface area is 235 Å². The van der Waals surface area contributed by atoms with Crippen molar-refractivity contribution in [1.82, 2.24) is 15.5 Å². The molecule has 3 heterocycles. The molecular weight excluding hydrogens is 510 g/mol. The number of rotatable bonds is 12. The fourth-order valence-corrected chi connectivity index (χ4v) is 9.25. The SMILES string of the molecule is C[C@@]12CCC3(S1)C(C(=O)NCc1ccccc1)N(CCCCCCO)C(=O)[C@@H]3[C@@H]2C(=O)NCc1ccccc1. The van der Waals surface area contributed by atoms with Crippen molar-refractivity contribution in [2.75, 3.05) is 13.2 Å². The van der Waals surface area contributed by atoms with Gasteiger partial charge in [-0.05, 0) is 43.7 Å². The third-order valence-corrected chi connectivity index (χ3v) is 10.7. The molecule has 1 spiro atoms. The molecule has 2 aromatic carbocycles. The van der Waals surface area contributed by atoms with Gasteiger partial charge in [-0.1, -0.05) is 73.5 Å². The van der Waals surface area contributed by atoms with Crippen LogP contribution in [0.4, 0.5) is 0 Å². The molecule has 39 heavy (non-hydrogen) atoms. The summed E-state index contributed by atoms with van der Waals surface area (Å²) in [6.07, 6.45) is 4.82. The molecule has 3 aliphatic heterocycles. The molecule has 3 N–H and O–H groups in total. The third kappa shape index (κ3) is 5.33. The van der Waals surface area contributed by atoms with Gasteiger partial charge in [0.2, 0.25) is 17.7 Å². The molecule has 3 amide bonds. The number of nitrogens with zero attached hydrogens (tertiary/aromatic N) is 1. The predicted octanol–water partition coefficient (Wildman–Crippen LogP) is 3.65. The van der Waals surface area contributed by atoms with E-state index in [2.05, 4.69) is 17.6 Å². The van der Waals surface area contributed by atoms with Crippen LogP contribution in [0.25, 0.3) is 0 Å². The van der Waals surface area contributed by atoms with Gasteiger partial charge in [0.05, 0.1) is 16.6 Å². The molecule has 2 unspecified atom stereocenters. The molecule has 3 aliphatic rings. The lowest BCUT2D eigenvalue weighted by Gasteiger charge is -2.35. The summed E-state index contributed by atoms with van der Waals surface area (Å²) in [7, 11) is 0. The second-order valence-corrected chi connectivity index (χ2v) is 13.2. The second-order valence-electron chi connectivity index (χ2n) is 11.3. The summed E-state index contributed by atoms with van der Waals surface area (Å²) in [5, 5.41) is 15.4. The first-order chi connectivity index (χ1) is 18.9. The number of carbonyl (C=O) groups is 3. The van der Waals surface area contributed by atoms with Gasteiger partial charge in [0.1, 0.15) is 6.04 Å². The van der Waals surface area contributed by atoms with Crippen LogP contribution in [0.2, 0.25) is 0 Å². The average molecular weight is 550 g/mol. The van der Waals surface area contributed by atoms with Crippen LogP contribution >= 0.6 is 11.8 Å². The molecular formula is C31H39N3O4S. The van der Waals surface area contributed by atoms with Gasteiger partial charge in [-0.2, -0.15) is 0 Å². The molecule has 5 rings (SSSR count). The number of unbranched alkanes of at least 4 members (excludes halogenated alkanes) is 3. The maximum Gasteiger partial charge on any atom is 0.244 e. The Morgan fingerprint density at radius 1 is 0.897 bits per heavy atom. The van der Waals surface area contributed by atoms with Crippen LogP contribution < -0.4 is 10.6 Å². The van der Waals surface area contributed by atoms with Crippen LogP contribution in [0.15, 0.2) is 60.7 Å².